The molecular weight excluding hydrogens is 237 g/mol. The molecular formula is C14H9ClFN. The third-order valence-electron chi connectivity index (χ3n) is 2.81. The summed E-state index contributed by atoms with van der Waals surface area (Å²) in [5.41, 5.74) is 2.42. The molecule has 0 bridgehead atoms. The first-order valence-electron chi connectivity index (χ1n) is 5.27. The number of para-hydroxylation sites is 1. The SMILES string of the molecule is Fc1cc(Cl)ccc1-c1c[nH]c2ccccc12. The molecule has 0 amide bonds. The normalized spacial score (nSPS) is 10.9. The van der Waals surface area contributed by atoms with E-state index in [9.17, 15) is 4.39 Å². The summed E-state index contributed by atoms with van der Waals surface area (Å²) in [5.74, 6) is -0.303. The molecule has 84 valence electrons. The van der Waals surface area contributed by atoms with Gasteiger partial charge in [0.05, 0.1) is 0 Å². The molecule has 3 rings (SSSR count). The minimum absolute atomic E-state index is 0.303. The molecule has 1 aromatic heterocycles. The van der Waals surface area contributed by atoms with Gasteiger partial charge >= 0.3 is 0 Å². The molecule has 1 nitrogen and oxygen atoms in total. The van der Waals surface area contributed by atoms with Crippen LogP contribution >= 0.6 is 11.6 Å². The minimum Gasteiger partial charge on any atom is -0.361 e. The number of benzene rings is 2. The zero-order valence-corrected chi connectivity index (χ0v) is 9.63. The van der Waals surface area contributed by atoms with E-state index in [1.165, 1.54) is 6.07 Å². The summed E-state index contributed by atoms with van der Waals surface area (Å²) >= 11 is 5.75. The molecule has 0 spiro atoms. The summed E-state index contributed by atoms with van der Waals surface area (Å²) in [6, 6.07) is 12.5. The van der Waals surface area contributed by atoms with E-state index in [2.05, 4.69) is 4.98 Å². The fourth-order valence-corrected chi connectivity index (χ4v) is 2.16. The average molecular weight is 246 g/mol. The van der Waals surface area contributed by atoms with Gasteiger partial charge in [0, 0.05) is 33.2 Å². The fourth-order valence-electron chi connectivity index (χ4n) is 2.00. The number of aromatic amines is 1. The Balaban J connectivity index is 2.27. The molecule has 0 aliphatic rings. The van der Waals surface area contributed by atoms with Crippen molar-refractivity contribution in [1.29, 1.82) is 0 Å². The Morgan fingerprint density at radius 3 is 2.65 bits per heavy atom. The van der Waals surface area contributed by atoms with Crippen LogP contribution in [0, 0.1) is 5.82 Å². The second-order valence-electron chi connectivity index (χ2n) is 3.87. The fraction of sp³-hybridized carbons (Fsp3) is 0. The van der Waals surface area contributed by atoms with Crippen LogP contribution in [0.3, 0.4) is 0 Å². The summed E-state index contributed by atoms with van der Waals surface area (Å²) in [5, 5.41) is 1.42. The van der Waals surface area contributed by atoms with E-state index in [-0.39, 0.29) is 5.82 Å². The highest BCUT2D eigenvalue weighted by atomic mass is 35.5. The van der Waals surface area contributed by atoms with Crippen molar-refractivity contribution < 1.29 is 4.39 Å². The van der Waals surface area contributed by atoms with Crippen LogP contribution in [0.2, 0.25) is 5.02 Å². The standard InChI is InChI=1S/C14H9ClFN/c15-9-5-6-10(13(16)7-9)12-8-17-14-4-2-1-3-11(12)14/h1-8,17H. The van der Waals surface area contributed by atoms with Crippen molar-refractivity contribution in [1.82, 2.24) is 4.98 Å². The number of rotatable bonds is 1. The molecule has 1 N–H and O–H groups in total. The monoisotopic (exact) mass is 245 g/mol. The summed E-state index contributed by atoms with van der Waals surface area (Å²) in [6.07, 6.45) is 1.82. The predicted octanol–water partition coefficient (Wildman–Crippen LogP) is 4.63. The number of hydrogen-bond donors (Lipinski definition) is 1. The van der Waals surface area contributed by atoms with Crippen LogP contribution in [0.5, 0.6) is 0 Å². The summed E-state index contributed by atoms with van der Waals surface area (Å²) in [4.78, 5) is 3.13. The number of halogens is 2. The maximum atomic E-state index is 13.8. The van der Waals surface area contributed by atoms with Gasteiger partial charge in [0.2, 0.25) is 0 Å². The van der Waals surface area contributed by atoms with Crippen LogP contribution in [-0.2, 0) is 0 Å². The molecule has 0 atom stereocenters. The van der Waals surface area contributed by atoms with E-state index in [1.807, 2.05) is 30.5 Å². The molecule has 3 heteroatoms. The summed E-state index contributed by atoms with van der Waals surface area (Å²) in [7, 11) is 0. The average Bonchev–Trinajstić information content (AvgIpc) is 2.73. The van der Waals surface area contributed by atoms with Crippen molar-refractivity contribution in [3.63, 3.8) is 0 Å². The highest BCUT2D eigenvalue weighted by Gasteiger charge is 2.10. The van der Waals surface area contributed by atoms with Gasteiger partial charge in [-0.15, -0.1) is 0 Å². The molecule has 0 aliphatic heterocycles. The zero-order valence-electron chi connectivity index (χ0n) is 8.87. The smallest absolute Gasteiger partial charge is 0.132 e. The molecule has 3 aromatic rings. The molecule has 17 heavy (non-hydrogen) atoms. The lowest BCUT2D eigenvalue weighted by Gasteiger charge is -2.02. The summed E-state index contributed by atoms with van der Waals surface area (Å²) < 4.78 is 13.8. The molecule has 0 unspecified atom stereocenters. The second kappa shape index (κ2) is 3.90. The minimum atomic E-state index is -0.303. The number of H-pyrrole nitrogens is 1. The van der Waals surface area contributed by atoms with Gasteiger partial charge in [-0.25, -0.2) is 4.39 Å². The number of nitrogens with one attached hydrogen (secondary N) is 1. The highest BCUT2D eigenvalue weighted by Crippen LogP contribution is 2.31. The Morgan fingerprint density at radius 1 is 1.00 bits per heavy atom. The van der Waals surface area contributed by atoms with E-state index in [0.29, 0.717) is 10.6 Å². The Labute approximate surface area is 103 Å². The van der Waals surface area contributed by atoms with Crippen LogP contribution in [0.4, 0.5) is 4.39 Å². The molecule has 0 radical (unpaired) electrons. The van der Waals surface area contributed by atoms with Gasteiger partial charge in [0.25, 0.3) is 0 Å². The Hall–Kier alpha value is -1.80. The Bertz CT molecular complexity index is 688. The van der Waals surface area contributed by atoms with E-state index in [1.54, 1.807) is 12.1 Å². The Kier molecular flexibility index (Phi) is 2.37. The van der Waals surface area contributed by atoms with Crippen LogP contribution < -0.4 is 0 Å². The van der Waals surface area contributed by atoms with Gasteiger partial charge in [-0.2, -0.15) is 0 Å². The Morgan fingerprint density at radius 2 is 1.82 bits per heavy atom. The molecule has 0 saturated carbocycles. The molecule has 0 saturated heterocycles. The number of fused-ring (bicyclic) bond motifs is 1. The first-order valence-corrected chi connectivity index (χ1v) is 5.65. The third-order valence-corrected chi connectivity index (χ3v) is 3.05. The molecule has 0 fully saturated rings. The number of aromatic nitrogens is 1. The van der Waals surface area contributed by atoms with E-state index >= 15 is 0 Å². The van der Waals surface area contributed by atoms with Crippen LogP contribution in [-0.4, -0.2) is 4.98 Å². The van der Waals surface area contributed by atoms with Crippen LogP contribution in [0.15, 0.2) is 48.7 Å². The van der Waals surface area contributed by atoms with Crippen molar-refractivity contribution in [3.8, 4) is 11.1 Å². The van der Waals surface area contributed by atoms with E-state index in [4.69, 9.17) is 11.6 Å². The van der Waals surface area contributed by atoms with E-state index in [0.717, 1.165) is 16.5 Å². The van der Waals surface area contributed by atoms with Crippen molar-refractivity contribution in [2.45, 2.75) is 0 Å². The van der Waals surface area contributed by atoms with Gasteiger partial charge < -0.3 is 4.98 Å². The molecule has 2 aromatic carbocycles. The summed E-state index contributed by atoms with van der Waals surface area (Å²) in [6.45, 7) is 0. The predicted molar refractivity (Wildman–Crippen MR) is 68.7 cm³/mol. The van der Waals surface area contributed by atoms with Crippen molar-refractivity contribution in [2.24, 2.45) is 0 Å². The van der Waals surface area contributed by atoms with Gasteiger partial charge in [-0.3, -0.25) is 0 Å². The van der Waals surface area contributed by atoms with Crippen molar-refractivity contribution in [3.05, 3.63) is 59.5 Å². The molecule has 0 aliphatic carbocycles. The van der Waals surface area contributed by atoms with Gasteiger partial charge in [0.1, 0.15) is 5.82 Å². The lowest BCUT2D eigenvalue weighted by molar-refractivity contribution is 0.631. The van der Waals surface area contributed by atoms with Gasteiger partial charge in [-0.05, 0) is 24.3 Å². The first kappa shape index (κ1) is 10.4. The maximum Gasteiger partial charge on any atom is 0.132 e. The van der Waals surface area contributed by atoms with Crippen molar-refractivity contribution in [2.75, 3.05) is 0 Å². The lowest BCUT2D eigenvalue weighted by Crippen LogP contribution is -1.82. The van der Waals surface area contributed by atoms with Gasteiger partial charge in [-0.1, -0.05) is 29.8 Å². The molecule has 1 heterocycles. The maximum absolute atomic E-state index is 13.8. The largest absolute Gasteiger partial charge is 0.361 e. The lowest BCUT2D eigenvalue weighted by atomic mass is 10.0. The first-order chi connectivity index (χ1) is 8.25. The van der Waals surface area contributed by atoms with E-state index < -0.39 is 0 Å². The number of hydrogen-bond acceptors (Lipinski definition) is 0. The highest BCUT2D eigenvalue weighted by molar-refractivity contribution is 6.30. The van der Waals surface area contributed by atoms with Crippen LogP contribution in [0.1, 0.15) is 0 Å². The quantitative estimate of drug-likeness (QED) is 0.644. The van der Waals surface area contributed by atoms with Crippen molar-refractivity contribution >= 4 is 22.5 Å². The topological polar surface area (TPSA) is 15.8 Å². The zero-order chi connectivity index (χ0) is 11.8. The van der Waals surface area contributed by atoms with Crippen LogP contribution in [0.25, 0.3) is 22.0 Å². The van der Waals surface area contributed by atoms with Gasteiger partial charge in [0.15, 0.2) is 0 Å². The second-order valence-corrected chi connectivity index (χ2v) is 4.31. The third kappa shape index (κ3) is 1.71.